The van der Waals surface area contributed by atoms with Gasteiger partial charge in [0.25, 0.3) is 10.0 Å². The summed E-state index contributed by atoms with van der Waals surface area (Å²) >= 11 is 0. The van der Waals surface area contributed by atoms with Gasteiger partial charge in [0.2, 0.25) is 0 Å². The number of nitrogens with one attached hydrogen (secondary N) is 2. The minimum atomic E-state index is -3.63. The summed E-state index contributed by atoms with van der Waals surface area (Å²) < 4.78 is 31.8. The van der Waals surface area contributed by atoms with E-state index < -0.39 is 10.0 Å². The van der Waals surface area contributed by atoms with Gasteiger partial charge in [0.15, 0.2) is 5.03 Å². The van der Waals surface area contributed by atoms with Crippen LogP contribution in [0, 0.1) is 0 Å². The van der Waals surface area contributed by atoms with Crippen molar-refractivity contribution in [1.29, 1.82) is 0 Å². The molecular weight excluding hydrogens is 266 g/mol. The van der Waals surface area contributed by atoms with Crippen LogP contribution in [0.5, 0.6) is 0 Å². The third kappa shape index (κ3) is 4.77. The largest absolute Gasteiger partial charge is 0.383 e. The molecular formula is C12H21N3O3S. The Morgan fingerprint density at radius 3 is 2.84 bits per heavy atom. The molecule has 0 aliphatic rings. The number of aromatic nitrogens is 1. The van der Waals surface area contributed by atoms with Crippen LogP contribution in [0.15, 0.2) is 23.4 Å². The molecule has 0 bridgehead atoms. The van der Waals surface area contributed by atoms with Crippen molar-refractivity contribution < 1.29 is 13.2 Å². The summed E-state index contributed by atoms with van der Waals surface area (Å²) in [6.07, 6.45) is 2.18. The lowest BCUT2D eigenvalue weighted by atomic mass is 10.4. The molecule has 0 spiro atoms. The van der Waals surface area contributed by atoms with Gasteiger partial charge in [-0.2, -0.15) is 0 Å². The first-order valence-electron chi connectivity index (χ1n) is 6.22. The van der Waals surface area contributed by atoms with Gasteiger partial charge < -0.3 is 10.1 Å². The summed E-state index contributed by atoms with van der Waals surface area (Å²) in [5.41, 5.74) is 0.516. The van der Waals surface area contributed by atoms with E-state index in [9.17, 15) is 8.42 Å². The fourth-order valence-electron chi connectivity index (χ4n) is 1.38. The van der Waals surface area contributed by atoms with Crippen molar-refractivity contribution in [1.82, 2.24) is 9.71 Å². The fourth-order valence-corrected chi connectivity index (χ4v) is 2.60. The number of methoxy groups -OCH3 is 1. The molecule has 0 aliphatic heterocycles. The van der Waals surface area contributed by atoms with Gasteiger partial charge in [0.05, 0.1) is 11.8 Å². The third-order valence-electron chi connectivity index (χ3n) is 2.55. The highest BCUT2D eigenvalue weighted by molar-refractivity contribution is 7.89. The first kappa shape index (κ1) is 15.9. The molecule has 1 heterocycles. The smallest absolute Gasteiger partial charge is 0.260 e. The molecule has 0 radical (unpaired) electrons. The van der Waals surface area contributed by atoms with Gasteiger partial charge in [-0.05, 0) is 25.5 Å². The molecule has 1 rings (SSSR count). The summed E-state index contributed by atoms with van der Waals surface area (Å²) in [5, 5.41) is 3.08. The number of nitrogens with zero attached hydrogens (tertiary/aromatic N) is 1. The van der Waals surface area contributed by atoms with Crippen LogP contribution in [0.1, 0.15) is 20.3 Å². The zero-order valence-electron chi connectivity index (χ0n) is 11.5. The quantitative estimate of drug-likeness (QED) is 0.751. The predicted octanol–water partition coefficient (Wildman–Crippen LogP) is 1.22. The number of ether oxygens (including phenoxy) is 1. The number of rotatable bonds is 8. The highest BCUT2D eigenvalue weighted by atomic mass is 32.2. The van der Waals surface area contributed by atoms with Gasteiger partial charge in [-0.1, -0.05) is 6.92 Å². The van der Waals surface area contributed by atoms with Gasteiger partial charge in [0.1, 0.15) is 0 Å². The summed E-state index contributed by atoms with van der Waals surface area (Å²) in [4.78, 5) is 3.95. The van der Waals surface area contributed by atoms with Crippen molar-refractivity contribution in [2.24, 2.45) is 0 Å². The SMILES string of the molecule is CCCNc1cccnc1S(=O)(=O)NCC(C)OC. The van der Waals surface area contributed by atoms with Crippen LogP contribution in [0.4, 0.5) is 5.69 Å². The summed E-state index contributed by atoms with van der Waals surface area (Å²) in [6.45, 7) is 4.71. The molecule has 1 unspecified atom stereocenters. The number of anilines is 1. The van der Waals surface area contributed by atoms with Crippen LogP contribution in [0.2, 0.25) is 0 Å². The van der Waals surface area contributed by atoms with Gasteiger partial charge in [-0.25, -0.2) is 18.1 Å². The summed E-state index contributed by atoms with van der Waals surface area (Å²) in [5.74, 6) is 0. The Morgan fingerprint density at radius 1 is 1.47 bits per heavy atom. The van der Waals surface area contributed by atoms with E-state index in [1.165, 1.54) is 13.3 Å². The Hall–Kier alpha value is -1.18. The minimum absolute atomic E-state index is 0.0201. The minimum Gasteiger partial charge on any atom is -0.383 e. The Kier molecular flexibility index (Phi) is 6.20. The summed E-state index contributed by atoms with van der Waals surface area (Å²) in [6, 6.07) is 3.41. The lowest BCUT2D eigenvalue weighted by molar-refractivity contribution is 0.122. The van der Waals surface area contributed by atoms with Crippen molar-refractivity contribution in [3.05, 3.63) is 18.3 Å². The van der Waals surface area contributed by atoms with E-state index in [0.29, 0.717) is 12.2 Å². The van der Waals surface area contributed by atoms with Gasteiger partial charge >= 0.3 is 0 Å². The molecule has 1 aromatic heterocycles. The normalized spacial score (nSPS) is 13.2. The van der Waals surface area contributed by atoms with Crippen molar-refractivity contribution >= 4 is 15.7 Å². The van der Waals surface area contributed by atoms with E-state index in [0.717, 1.165) is 6.42 Å². The van der Waals surface area contributed by atoms with Crippen molar-refractivity contribution in [2.75, 3.05) is 25.5 Å². The Balaban J connectivity index is 2.88. The third-order valence-corrected chi connectivity index (χ3v) is 3.94. The molecule has 0 aliphatic carbocycles. The molecule has 1 aromatic rings. The van der Waals surface area contributed by atoms with Gasteiger partial charge in [-0.3, -0.25) is 0 Å². The van der Waals surface area contributed by atoms with Crippen LogP contribution in [0.3, 0.4) is 0 Å². The maximum Gasteiger partial charge on any atom is 0.260 e. The maximum absolute atomic E-state index is 12.2. The van der Waals surface area contributed by atoms with Crippen molar-refractivity contribution in [2.45, 2.75) is 31.4 Å². The fraction of sp³-hybridized carbons (Fsp3) is 0.583. The van der Waals surface area contributed by atoms with E-state index in [4.69, 9.17) is 4.74 Å². The van der Waals surface area contributed by atoms with Crippen molar-refractivity contribution in [3.8, 4) is 0 Å². The number of hydrogen-bond donors (Lipinski definition) is 2. The topological polar surface area (TPSA) is 80.3 Å². The Labute approximate surface area is 114 Å². The predicted molar refractivity (Wildman–Crippen MR) is 74.7 cm³/mol. The standard InChI is InChI=1S/C12H21N3O3S/c1-4-7-13-11-6-5-8-14-12(11)19(16,17)15-9-10(2)18-3/h5-6,8,10,13,15H,4,7,9H2,1-3H3. The number of hydrogen-bond acceptors (Lipinski definition) is 5. The second kappa shape index (κ2) is 7.42. The van der Waals surface area contributed by atoms with E-state index in [-0.39, 0.29) is 17.7 Å². The Morgan fingerprint density at radius 2 is 2.21 bits per heavy atom. The lowest BCUT2D eigenvalue weighted by Gasteiger charge is -2.13. The van der Waals surface area contributed by atoms with Crippen LogP contribution in [-0.4, -0.2) is 39.7 Å². The zero-order valence-corrected chi connectivity index (χ0v) is 12.3. The van der Waals surface area contributed by atoms with Crippen molar-refractivity contribution in [3.63, 3.8) is 0 Å². The van der Waals surface area contributed by atoms with Gasteiger partial charge in [-0.15, -0.1) is 0 Å². The first-order chi connectivity index (χ1) is 9.01. The molecule has 2 N–H and O–H groups in total. The average molecular weight is 287 g/mol. The van der Waals surface area contributed by atoms with Crippen LogP contribution < -0.4 is 10.0 Å². The van der Waals surface area contributed by atoms with Crippen LogP contribution in [-0.2, 0) is 14.8 Å². The summed E-state index contributed by atoms with van der Waals surface area (Å²) in [7, 11) is -2.09. The second-order valence-electron chi connectivity index (χ2n) is 4.18. The Bertz CT molecular complexity index is 491. The molecule has 0 fully saturated rings. The first-order valence-corrected chi connectivity index (χ1v) is 7.71. The molecule has 7 heteroatoms. The van der Waals surface area contributed by atoms with Crippen LogP contribution >= 0.6 is 0 Å². The monoisotopic (exact) mass is 287 g/mol. The molecule has 108 valence electrons. The zero-order chi connectivity index (χ0) is 14.3. The van der Waals surface area contributed by atoms with E-state index >= 15 is 0 Å². The average Bonchev–Trinajstić information content (AvgIpc) is 2.42. The van der Waals surface area contributed by atoms with Gasteiger partial charge in [0, 0.05) is 26.4 Å². The highest BCUT2D eigenvalue weighted by Crippen LogP contribution is 2.17. The number of sulfonamides is 1. The number of pyridine rings is 1. The molecule has 6 nitrogen and oxygen atoms in total. The van der Waals surface area contributed by atoms with E-state index in [1.54, 1.807) is 19.1 Å². The molecule has 19 heavy (non-hydrogen) atoms. The molecule has 0 saturated carbocycles. The second-order valence-corrected chi connectivity index (χ2v) is 5.86. The molecule has 0 amide bonds. The van der Waals surface area contributed by atoms with Crippen LogP contribution in [0.25, 0.3) is 0 Å². The lowest BCUT2D eigenvalue weighted by Crippen LogP contribution is -2.32. The van der Waals surface area contributed by atoms with E-state index in [2.05, 4.69) is 15.0 Å². The molecule has 0 aromatic carbocycles. The van der Waals surface area contributed by atoms with E-state index in [1.807, 2.05) is 6.92 Å². The maximum atomic E-state index is 12.2. The molecule has 1 atom stereocenters. The highest BCUT2D eigenvalue weighted by Gasteiger charge is 2.20. The molecule has 0 saturated heterocycles.